The maximum absolute atomic E-state index is 6.16. The molecule has 2 N–H and O–H groups in total. The summed E-state index contributed by atoms with van der Waals surface area (Å²) in [5.74, 6) is 1.61. The standard InChI is InChI=1S/C14H29N3/c1-12(2)4-7-16(3)14(10-15)11-17-8-5-13(14)6-9-17/h12-13H,4-11,15H2,1-3H3. The molecule has 3 aliphatic rings. The zero-order chi connectivity index (χ0) is 12.5. The van der Waals surface area contributed by atoms with Crippen molar-refractivity contribution in [3.8, 4) is 0 Å². The number of hydrogen-bond acceptors (Lipinski definition) is 3. The van der Waals surface area contributed by atoms with E-state index in [0.29, 0.717) is 0 Å². The zero-order valence-corrected chi connectivity index (χ0v) is 11.8. The summed E-state index contributed by atoms with van der Waals surface area (Å²) in [6.45, 7) is 10.4. The number of nitrogens with two attached hydrogens (primary N) is 1. The molecule has 0 aromatic carbocycles. The quantitative estimate of drug-likeness (QED) is 0.787. The first-order chi connectivity index (χ1) is 8.08. The minimum atomic E-state index is 0.269. The molecular weight excluding hydrogens is 210 g/mol. The second-order valence-electron chi connectivity index (χ2n) is 6.46. The third kappa shape index (κ3) is 2.51. The molecule has 3 aliphatic heterocycles. The largest absolute Gasteiger partial charge is 0.329 e. The molecule has 100 valence electrons. The molecule has 0 aromatic heterocycles. The second kappa shape index (κ2) is 5.25. The van der Waals surface area contributed by atoms with Gasteiger partial charge in [0.05, 0.1) is 0 Å². The summed E-state index contributed by atoms with van der Waals surface area (Å²) >= 11 is 0. The Balaban J connectivity index is 2.03. The van der Waals surface area contributed by atoms with E-state index >= 15 is 0 Å². The number of piperidine rings is 3. The number of fused-ring (bicyclic) bond motifs is 3. The molecule has 2 bridgehead atoms. The molecule has 17 heavy (non-hydrogen) atoms. The van der Waals surface area contributed by atoms with Crippen LogP contribution in [0.2, 0.25) is 0 Å². The van der Waals surface area contributed by atoms with Crippen LogP contribution in [0.15, 0.2) is 0 Å². The highest BCUT2D eigenvalue weighted by molar-refractivity contribution is 5.05. The van der Waals surface area contributed by atoms with Crippen LogP contribution in [0.1, 0.15) is 33.1 Å². The lowest BCUT2D eigenvalue weighted by Crippen LogP contribution is -2.69. The van der Waals surface area contributed by atoms with Crippen LogP contribution in [0.3, 0.4) is 0 Å². The van der Waals surface area contributed by atoms with Crippen LogP contribution >= 0.6 is 0 Å². The van der Waals surface area contributed by atoms with Gasteiger partial charge < -0.3 is 10.6 Å². The Kier molecular flexibility index (Phi) is 4.11. The van der Waals surface area contributed by atoms with Gasteiger partial charge in [0.1, 0.15) is 0 Å². The molecule has 1 unspecified atom stereocenters. The molecule has 0 spiro atoms. The van der Waals surface area contributed by atoms with Gasteiger partial charge in [-0.15, -0.1) is 0 Å². The summed E-state index contributed by atoms with van der Waals surface area (Å²) in [4.78, 5) is 5.18. The van der Waals surface area contributed by atoms with Crippen molar-refractivity contribution < 1.29 is 0 Å². The van der Waals surface area contributed by atoms with Crippen LogP contribution in [0.5, 0.6) is 0 Å². The van der Waals surface area contributed by atoms with Crippen LogP contribution in [0.4, 0.5) is 0 Å². The van der Waals surface area contributed by atoms with Crippen LogP contribution in [-0.4, -0.2) is 55.1 Å². The summed E-state index contributed by atoms with van der Waals surface area (Å²) < 4.78 is 0. The maximum Gasteiger partial charge on any atom is 0.0484 e. The Morgan fingerprint density at radius 2 is 2.00 bits per heavy atom. The summed E-state index contributed by atoms with van der Waals surface area (Å²) in [5, 5.41) is 0. The normalized spacial score (nSPS) is 37.1. The maximum atomic E-state index is 6.16. The average molecular weight is 239 g/mol. The summed E-state index contributed by atoms with van der Waals surface area (Å²) in [7, 11) is 2.29. The molecule has 1 atom stereocenters. The molecule has 0 aromatic rings. The van der Waals surface area contributed by atoms with Gasteiger partial charge in [-0.25, -0.2) is 0 Å². The molecule has 3 rings (SSSR count). The first-order valence-electron chi connectivity index (χ1n) is 7.22. The van der Waals surface area contributed by atoms with Gasteiger partial charge in [-0.05, 0) is 57.8 Å². The molecule has 0 radical (unpaired) electrons. The number of hydrogen-bond donors (Lipinski definition) is 1. The third-order valence-corrected chi connectivity index (χ3v) is 5.00. The van der Waals surface area contributed by atoms with Gasteiger partial charge in [0.15, 0.2) is 0 Å². The lowest BCUT2D eigenvalue weighted by molar-refractivity contribution is -0.0572. The predicted molar refractivity (Wildman–Crippen MR) is 73.0 cm³/mol. The predicted octanol–water partition coefficient (Wildman–Crippen LogP) is 1.39. The van der Waals surface area contributed by atoms with E-state index in [9.17, 15) is 0 Å². The van der Waals surface area contributed by atoms with Crippen molar-refractivity contribution in [3.05, 3.63) is 0 Å². The third-order valence-electron chi connectivity index (χ3n) is 5.00. The summed E-state index contributed by atoms with van der Waals surface area (Å²) in [6, 6.07) is 0. The van der Waals surface area contributed by atoms with Crippen molar-refractivity contribution in [2.24, 2.45) is 17.6 Å². The van der Waals surface area contributed by atoms with Crippen molar-refractivity contribution in [2.45, 2.75) is 38.6 Å². The highest BCUT2D eigenvalue weighted by Gasteiger charge is 2.47. The van der Waals surface area contributed by atoms with E-state index < -0.39 is 0 Å². The molecule has 3 saturated heterocycles. The molecular formula is C14H29N3. The zero-order valence-electron chi connectivity index (χ0n) is 11.8. The smallest absolute Gasteiger partial charge is 0.0484 e. The highest BCUT2D eigenvalue weighted by Crippen LogP contribution is 2.38. The Morgan fingerprint density at radius 1 is 1.35 bits per heavy atom. The second-order valence-corrected chi connectivity index (χ2v) is 6.46. The number of likely N-dealkylation sites (N-methyl/N-ethyl adjacent to an activating group) is 1. The van der Waals surface area contributed by atoms with Gasteiger partial charge in [0.2, 0.25) is 0 Å². The van der Waals surface area contributed by atoms with Crippen molar-refractivity contribution in [3.63, 3.8) is 0 Å². The topological polar surface area (TPSA) is 32.5 Å². The van der Waals surface area contributed by atoms with E-state index in [-0.39, 0.29) is 5.54 Å². The minimum Gasteiger partial charge on any atom is -0.329 e. The van der Waals surface area contributed by atoms with E-state index in [0.717, 1.165) is 18.4 Å². The highest BCUT2D eigenvalue weighted by atomic mass is 15.3. The van der Waals surface area contributed by atoms with Gasteiger partial charge in [-0.2, -0.15) is 0 Å². The first kappa shape index (κ1) is 13.3. The van der Waals surface area contributed by atoms with Crippen molar-refractivity contribution in [1.82, 2.24) is 9.80 Å². The molecule has 3 nitrogen and oxygen atoms in total. The number of nitrogens with zero attached hydrogens (tertiary/aromatic N) is 2. The van der Waals surface area contributed by atoms with Crippen LogP contribution in [0.25, 0.3) is 0 Å². The monoisotopic (exact) mass is 239 g/mol. The van der Waals surface area contributed by atoms with E-state index in [1.54, 1.807) is 0 Å². The average Bonchev–Trinajstić information content (AvgIpc) is 2.36. The van der Waals surface area contributed by atoms with Gasteiger partial charge >= 0.3 is 0 Å². The van der Waals surface area contributed by atoms with E-state index in [4.69, 9.17) is 5.73 Å². The van der Waals surface area contributed by atoms with Gasteiger partial charge in [0, 0.05) is 18.6 Å². The van der Waals surface area contributed by atoms with E-state index in [1.807, 2.05) is 0 Å². The number of rotatable bonds is 5. The molecule has 3 heterocycles. The van der Waals surface area contributed by atoms with Gasteiger partial charge in [0.25, 0.3) is 0 Å². The lowest BCUT2D eigenvalue weighted by atomic mass is 9.71. The summed E-state index contributed by atoms with van der Waals surface area (Å²) in [5.41, 5.74) is 6.43. The molecule has 3 fully saturated rings. The SMILES string of the molecule is CC(C)CCN(C)C1(CN)CN2CCC1CC2. The molecule has 0 amide bonds. The molecule has 0 aliphatic carbocycles. The minimum absolute atomic E-state index is 0.269. The Hall–Kier alpha value is -0.120. The first-order valence-corrected chi connectivity index (χ1v) is 7.22. The van der Waals surface area contributed by atoms with E-state index in [2.05, 4.69) is 30.7 Å². The van der Waals surface area contributed by atoms with Gasteiger partial charge in [-0.1, -0.05) is 13.8 Å². The van der Waals surface area contributed by atoms with Crippen LogP contribution in [-0.2, 0) is 0 Å². The van der Waals surface area contributed by atoms with Crippen molar-refractivity contribution in [2.75, 3.05) is 39.8 Å². The van der Waals surface area contributed by atoms with Crippen molar-refractivity contribution in [1.29, 1.82) is 0 Å². The Bertz CT molecular complexity index is 246. The molecule has 3 heteroatoms. The fourth-order valence-electron chi connectivity index (χ4n) is 3.64. The Morgan fingerprint density at radius 3 is 2.41 bits per heavy atom. The van der Waals surface area contributed by atoms with Crippen LogP contribution < -0.4 is 5.73 Å². The fourth-order valence-corrected chi connectivity index (χ4v) is 3.64. The summed E-state index contributed by atoms with van der Waals surface area (Å²) in [6.07, 6.45) is 3.98. The van der Waals surface area contributed by atoms with Crippen molar-refractivity contribution >= 4 is 0 Å². The lowest BCUT2D eigenvalue weighted by Gasteiger charge is -2.57. The van der Waals surface area contributed by atoms with Crippen LogP contribution in [0, 0.1) is 11.8 Å². The van der Waals surface area contributed by atoms with Gasteiger partial charge in [-0.3, -0.25) is 4.90 Å². The fraction of sp³-hybridized carbons (Fsp3) is 1.00. The van der Waals surface area contributed by atoms with E-state index in [1.165, 1.54) is 45.4 Å². The molecule has 0 saturated carbocycles. The Labute approximate surface area is 106 Å².